The zero-order valence-electron chi connectivity index (χ0n) is 13.3. The number of hydrogen-bond acceptors (Lipinski definition) is 4. The second kappa shape index (κ2) is 8.60. The quantitative estimate of drug-likeness (QED) is 0.699. The van der Waals surface area contributed by atoms with E-state index in [4.69, 9.17) is 4.42 Å². The molecule has 1 amide bonds. The zero-order chi connectivity index (χ0) is 15.9. The van der Waals surface area contributed by atoms with Gasteiger partial charge in [0.1, 0.15) is 5.76 Å². The molecule has 0 N–H and O–H groups in total. The highest BCUT2D eigenvalue weighted by molar-refractivity contribution is 8.00. The number of carbonyl (C=O) groups is 1. The summed E-state index contributed by atoms with van der Waals surface area (Å²) in [5, 5.41) is 2.77. The van der Waals surface area contributed by atoms with Crippen LogP contribution >= 0.6 is 23.1 Å². The third kappa shape index (κ3) is 5.15. The first-order chi connectivity index (χ1) is 11.3. The molecule has 0 aliphatic heterocycles. The summed E-state index contributed by atoms with van der Waals surface area (Å²) in [4.78, 5) is 15.9. The van der Waals surface area contributed by atoms with Gasteiger partial charge in [-0.15, -0.1) is 23.1 Å². The van der Waals surface area contributed by atoms with Gasteiger partial charge >= 0.3 is 0 Å². The van der Waals surface area contributed by atoms with Crippen molar-refractivity contribution in [2.75, 3.05) is 12.3 Å². The van der Waals surface area contributed by atoms with Crippen LogP contribution in [0.4, 0.5) is 0 Å². The van der Waals surface area contributed by atoms with Crippen molar-refractivity contribution in [1.82, 2.24) is 4.90 Å². The summed E-state index contributed by atoms with van der Waals surface area (Å²) in [6, 6.07) is 8.02. The Bertz CT molecular complexity index is 574. The molecule has 3 rings (SSSR count). The van der Waals surface area contributed by atoms with E-state index in [1.807, 2.05) is 28.8 Å². The molecule has 1 aliphatic carbocycles. The molecule has 23 heavy (non-hydrogen) atoms. The van der Waals surface area contributed by atoms with Crippen molar-refractivity contribution in [3.05, 3.63) is 46.5 Å². The summed E-state index contributed by atoms with van der Waals surface area (Å²) in [6.07, 6.45) is 7.76. The molecule has 1 saturated carbocycles. The average Bonchev–Trinajstić information content (AvgIpc) is 3.32. The molecule has 0 radical (unpaired) electrons. The largest absolute Gasteiger partial charge is 0.467 e. The van der Waals surface area contributed by atoms with Crippen molar-refractivity contribution in [3.8, 4) is 0 Å². The molecule has 124 valence electrons. The number of amides is 1. The van der Waals surface area contributed by atoms with Gasteiger partial charge < -0.3 is 9.32 Å². The minimum absolute atomic E-state index is 0.231. The topological polar surface area (TPSA) is 33.5 Å². The maximum atomic E-state index is 12.7. The molecule has 0 saturated heterocycles. The highest BCUT2D eigenvalue weighted by Gasteiger charge is 2.20. The molecule has 2 heterocycles. The molecule has 0 bridgehead atoms. The van der Waals surface area contributed by atoms with E-state index in [-0.39, 0.29) is 5.91 Å². The van der Waals surface area contributed by atoms with Gasteiger partial charge in [-0.3, -0.25) is 4.79 Å². The van der Waals surface area contributed by atoms with Crippen LogP contribution in [-0.2, 0) is 17.8 Å². The lowest BCUT2D eigenvalue weighted by molar-refractivity contribution is -0.129. The van der Waals surface area contributed by atoms with Gasteiger partial charge in [-0.25, -0.2) is 0 Å². The van der Waals surface area contributed by atoms with Gasteiger partial charge in [-0.1, -0.05) is 18.9 Å². The summed E-state index contributed by atoms with van der Waals surface area (Å²) in [5.74, 6) is 1.68. The van der Waals surface area contributed by atoms with Crippen LogP contribution in [0.15, 0.2) is 40.3 Å². The van der Waals surface area contributed by atoms with E-state index in [2.05, 4.69) is 17.5 Å². The Morgan fingerprint density at radius 2 is 2.17 bits per heavy atom. The van der Waals surface area contributed by atoms with Crippen LogP contribution in [0.25, 0.3) is 0 Å². The van der Waals surface area contributed by atoms with Crippen LogP contribution in [0.1, 0.15) is 36.3 Å². The first-order valence-corrected chi connectivity index (χ1v) is 10.2. The third-order valence-corrected chi connectivity index (χ3v) is 6.53. The summed E-state index contributed by atoms with van der Waals surface area (Å²) in [5.41, 5.74) is 0. The Balaban J connectivity index is 1.55. The molecular weight excluding hydrogens is 326 g/mol. The predicted octanol–water partition coefficient (Wildman–Crippen LogP) is 4.59. The number of hydrogen-bond donors (Lipinski definition) is 0. The summed E-state index contributed by atoms with van der Waals surface area (Å²) in [6.45, 7) is 1.33. The molecular formula is C18H23NO2S2. The first-order valence-electron chi connectivity index (χ1n) is 8.25. The van der Waals surface area contributed by atoms with Crippen molar-refractivity contribution in [3.63, 3.8) is 0 Å². The molecule has 2 aromatic rings. The van der Waals surface area contributed by atoms with Gasteiger partial charge in [-0.05, 0) is 42.8 Å². The molecule has 1 fully saturated rings. The van der Waals surface area contributed by atoms with Gasteiger partial charge in [0.05, 0.1) is 18.6 Å². The number of rotatable bonds is 8. The van der Waals surface area contributed by atoms with Crippen LogP contribution in [0.3, 0.4) is 0 Å². The van der Waals surface area contributed by atoms with E-state index in [0.29, 0.717) is 17.5 Å². The van der Waals surface area contributed by atoms with Gasteiger partial charge in [0.25, 0.3) is 0 Å². The minimum Gasteiger partial charge on any atom is -0.467 e. The number of furan rings is 1. The van der Waals surface area contributed by atoms with E-state index >= 15 is 0 Å². The fourth-order valence-corrected chi connectivity index (χ4v) is 4.84. The number of nitrogens with zero attached hydrogens (tertiary/aromatic N) is 1. The highest BCUT2D eigenvalue weighted by Crippen LogP contribution is 2.29. The highest BCUT2D eigenvalue weighted by atomic mass is 32.2. The summed E-state index contributed by atoms with van der Waals surface area (Å²) < 4.78 is 5.43. The Labute approximate surface area is 146 Å². The Hall–Kier alpha value is -1.20. The lowest BCUT2D eigenvalue weighted by Gasteiger charge is -2.22. The number of thioether (sulfide) groups is 1. The fourth-order valence-electron chi connectivity index (χ4n) is 2.92. The van der Waals surface area contributed by atoms with E-state index in [9.17, 15) is 4.79 Å². The Morgan fingerprint density at radius 3 is 2.87 bits per heavy atom. The van der Waals surface area contributed by atoms with E-state index in [0.717, 1.165) is 18.7 Å². The molecule has 0 spiro atoms. The molecule has 5 heteroatoms. The van der Waals surface area contributed by atoms with Crippen LogP contribution in [-0.4, -0.2) is 28.4 Å². The van der Waals surface area contributed by atoms with Gasteiger partial charge in [0.2, 0.25) is 5.91 Å². The van der Waals surface area contributed by atoms with Crippen LogP contribution < -0.4 is 0 Å². The zero-order valence-corrected chi connectivity index (χ0v) is 14.9. The first kappa shape index (κ1) is 16.7. The molecule has 2 aromatic heterocycles. The molecule has 0 aromatic carbocycles. The van der Waals surface area contributed by atoms with Gasteiger partial charge in [-0.2, -0.15) is 0 Å². The Kier molecular flexibility index (Phi) is 6.22. The summed E-state index contributed by atoms with van der Waals surface area (Å²) >= 11 is 3.59. The van der Waals surface area contributed by atoms with Crippen molar-refractivity contribution in [2.24, 2.45) is 0 Å². The normalized spacial score (nSPS) is 15.1. The maximum absolute atomic E-state index is 12.7. The SMILES string of the molecule is O=C(CSC1CCCC1)N(CCc1cccs1)Cc1ccco1. The minimum atomic E-state index is 0.231. The standard InChI is InChI=1S/C18H23NO2S2/c20-18(14-23-16-6-1-2-7-16)19(13-15-5-3-11-21-15)10-9-17-8-4-12-22-17/h3-5,8,11-12,16H,1-2,6-7,9-10,13-14H2. The van der Waals surface area contributed by atoms with Gasteiger partial charge in [0.15, 0.2) is 0 Å². The van der Waals surface area contributed by atoms with Crippen LogP contribution in [0.5, 0.6) is 0 Å². The lowest BCUT2D eigenvalue weighted by Crippen LogP contribution is -2.34. The molecule has 0 unspecified atom stereocenters. The average molecular weight is 350 g/mol. The third-order valence-electron chi connectivity index (χ3n) is 4.23. The van der Waals surface area contributed by atoms with Crippen molar-refractivity contribution < 1.29 is 9.21 Å². The van der Waals surface area contributed by atoms with Crippen molar-refractivity contribution >= 4 is 29.0 Å². The fraction of sp³-hybridized carbons (Fsp3) is 0.500. The second-order valence-corrected chi connectivity index (χ2v) is 8.26. The van der Waals surface area contributed by atoms with Crippen molar-refractivity contribution in [2.45, 2.75) is 43.9 Å². The van der Waals surface area contributed by atoms with Crippen LogP contribution in [0, 0.1) is 0 Å². The predicted molar refractivity (Wildman–Crippen MR) is 96.9 cm³/mol. The molecule has 1 aliphatic rings. The molecule has 0 atom stereocenters. The monoisotopic (exact) mass is 349 g/mol. The smallest absolute Gasteiger partial charge is 0.232 e. The van der Waals surface area contributed by atoms with E-state index < -0.39 is 0 Å². The second-order valence-electron chi connectivity index (χ2n) is 5.94. The van der Waals surface area contributed by atoms with E-state index in [1.165, 1.54) is 30.6 Å². The van der Waals surface area contributed by atoms with Gasteiger partial charge in [0, 0.05) is 16.7 Å². The number of thiophene rings is 1. The maximum Gasteiger partial charge on any atom is 0.232 e. The van der Waals surface area contributed by atoms with E-state index in [1.54, 1.807) is 17.6 Å². The molecule has 3 nitrogen and oxygen atoms in total. The lowest BCUT2D eigenvalue weighted by atomic mass is 10.3. The van der Waals surface area contributed by atoms with Crippen LogP contribution in [0.2, 0.25) is 0 Å². The number of carbonyl (C=O) groups excluding carboxylic acids is 1. The van der Waals surface area contributed by atoms with Crippen molar-refractivity contribution in [1.29, 1.82) is 0 Å². The Morgan fingerprint density at radius 1 is 1.30 bits per heavy atom. The summed E-state index contributed by atoms with van der Waals surface area (Å²) in [7, 11) is 0.